The van der Waals surface area contributed by atoms with Gasteiger partial charge in [0.05, 0.1) is 23.9 Å². The van der Waals surface area contributed by atoms with E-state index in [0.717, 1.165) is 0 Å². The van der Waals surface area contributed by atoms with Gasteiger partial charge in [-0.2, -0.15) is 5.26 Å². The molecule has 1 aromatic carbocycles. The summed E-state index contributed by atoms with van der Waals surface area (Å²) >= 11 is 3.19. The third kappa shape index (κ3) is 4.44. The third-order valence-electron chi connectivity index (χ3n) is 2.62. The van der Waals surface area contributed by atoms with Crippen LogP contribution >= 0.6 is 15.9 Å². The van der Waals surface area contributed by atoms with Gasteiger partial charge < -0.3 is 4.74 Å². The van der Waals surface area contributed by atoms with Crippen LogP contribution in [0.3, 0.4) is 0 Å². The summed E-state index contributed by atoms with van der Waals surface area (Å²) in [7, 11) is -3.80. The highest BCUT2D eigenvalue weighted by Gasteiger charge is 2.24. The molecule has 0 aromatic heterocycles. The van der Waals surface area contributed by atoms with Crippen LogP contribution in [0.25, 0.3) is 0 Å². The predicted octanol–water partition coefficient (Wildman–Crippen LogP) is 2.67. The van der Waals surface area contributed by atoms with Gasteiger partial charge >= 0.3 is 5.97 Å². The SMILES string of the molecule is CCOC(=O)c1ccc(NS(=O)(=O)C(C#N)CC)c(Br)c1. The summed E-state index contributed by atoms with van der Waals surface area (Å²) in [4.78, 5) is 11.6. The van der Waals surface area contributed by atoms with Crippen molar-refractivity contribution in [2.24, 2.45) is 0 Å². The zero-order chi connectivity index (χ0) is 16.0. The predicted molar refractivity (Wildman–Crippen MR) is 82.3 cm³/mol. The van der Waals surface area contributed by atoms with Crippen LogP contribution in [-0.4, -0.2) is 26.2 Å². The Bertz CT molecular complexity index is 667. The molecule has 0 aliphatic rings. The summed E-state index contributed by atoms with van der Waals surface area (Å²) in [6.45, 7) is 3.57. The molecule has 8 heteroatoms. The maximum Gasteiger partial charge on any atom is 0.338 e. The van der Waals surface area contributed by atoms with Crippen molar-refractivity contribution in [3.63, 3.8) is 0 Å². The van der Waals surface area contributed by atoms with Gasteiger partial charge in [0.1, 0.15) is 0 Å². The Morgan fingerprint density at radius 2 is 2.14 bits per heavy atom. The fraction of sp³-hybridized carbons (Fsp3) is 0.385. The van der Waals surface area contributed by atoms with Gasteiger partial charge in [-0.3, -0.25) is 4.72 Å². The molecular formula is C13H15BrN2O4S. The van der Waals surface area contributed by atoms with Crippen LogP contribution in [0, 0.1) is 11.3 Å². The molecule has 1 N–H and O–H groups in total. The highest BCUT2D eigenvalue weighted by molar-refractivity contribution is 9.10. The van der Waals surface area contributed by atoms with Crippen LogP contribution in [0.1, 0.15) is 30.6 Å². The monoisotopic (exact) mass is 374 g/mol. The number of rotatable bonds is 6. The Balaban J connectivity index is 3.02. The minimum Gasteiger partial charge on any atom is -0.462 e. The average Bonchev–Trinajstić information content (AvgIpc) is 2.42. The normalized spacial score (nSPS) is 12.3. The molecule has 0 heterocycles. The number of hydrogen-bond donors (Lipinski definition) is 1. The number of halogens is 1. The van der Waals surface area contributed by atoms with Gasteiger partial charge in [-0.15, -0.1) is 0 Å². The van der Waals surface area contributed by atoms with Gasteiger partial charge in [-0.1, -0.05) is 6.92 Å². The highest BCUT2D eigenvalue weighted by atomic mass is 79.9. The second-order valence-corrected chi connectivity index (χ2v) is 6.81. The zero-order valence-corrected chi connectivity index (χ0v) is 14.0. The van der Waals surface area contributed by atoms with Crippen LogP contribution in [0.5, 0.6) is 0 Å². The number of carbonyl (C=O) groups is 1. The molecule has 1 aromatic rings. The largest absolute Gasteiger partial charge is 0.462 e. The lowest BCUT2D eigenvalue weighted by Gasteiger charge is -2.13. The number of carbonyl (C=O) groups excluding carboxylic acids is 1. The van der Waals surface area contributed by atoms with Crippen molar-refractivity contribution in [3.8, 4) is 6.07 Å². The number of ether oxygens (including phenoxy) is 1. The van der Waals surface area contributed by atoms with E-state index < -0.39 is 21.2 Å². The molecule has 21 heavy (non-hydrogen) atoms. The first-order valence-electron chi connectivity index (χ1n) is 6.23. The lowest BCUT2D eigenvalue weighted by Crippen LogP contribution is -2.26. The first-order chi connectivity index (χ1) is 9.85. The fourth-order valence-electron chi connectivity index (χ4n) is 1.54. The van der Waals surface area contributed by atoms with Gasteiger partial charge in [0, 0.05) is 4.47 Å². The standard InChI is InChI=1S/C13H15BrN2O4S/c1-3-10(8-15)21(18,19)16-12-6-5-9(7-11(12)14)13(17)20-4-2/h5-7,10,16H,3-4H2,1-2H3. The van der Waals surface area contributed by atoms with Crippen molar-refractivity contribution in [2.75, 3.05) is 11.3 Å². The Labute approximate surface area is 132 Å². The summed E-state index contributed by atoms with van der Waals surface area (Å²) in [6, 6.07) is 6.09. The van der Waals surface area contributed by atoms with E-state index in [1.165, 1.54) is 18.2 Å². The van der Waals surface area contributed by atoms with E-state index in [9.17, 15) is 13.2 Å². The van der Waals surface area contributed by atoms with Gasteiger partial charge in [-0.05, 0) is 47.5 Å². The number of benzene rings is 1. The van der Waals surface area contributed by atoms with Gasteiger partial charge in [-0.25, -0.2) is 13.2 Å². The minimum atomic E-state index is -3.80. The first kappa shape index (κ1) is 17.5. The quantitative estimate of drug-likeness (QED) is 0.772. The van der Waals surface area contributed by atoms with Gasteiger partial charge in [0.2, 0.25) is 10.0 Å². The molecule has 0 spiro atoms. The number of nitrogens with one attached hydrogen (secondary N) is 1. The first-order valence-corrected chi connectivity index (χ1v) is 8.57. The molecule has 0 radical (unpaired) electrons. The Morgan fingerprint density at radius 3 is 2.62 bits per heavy atom. The van der Waals surface area contributed by atoms with Crippen molar-refractivity contribution in [1.82, 2.24) is 0 Å². The maximum atomic E-state index is 12.0. The second-order valence-electron chi connectivity index (χ2n) is 4.09. The summed E-state index contributed by atoms with van der Waals surface area (Å²) in [5, 5.41) is 7.71. The Kier molecular flexibility index (Phi) is 6.18. The molecular weight excluding hydrogens is 360 g/mol. The molecule has 1 unspecified atom stereocenters. The molecule has 0 bridgehead atoms. The number of nitrogens with zero attached hydrogens (tertiary/aromatic N) is 1. The van der Waals surface area contributed by atoms with Crippen molar-refractivity contribution in [1.29, 1.82) is 5.26 Å². The maximum absolute atomic E-state index is 12.0. The number of esters is 1. The number of nitriles is 1. The molecule has 0 fully saturated rings. The second kappa shape index (κ2) is 7.43. The number of anilines is 1. The molecule has 114 valence electrons. The molecule has 6 nitrogen and oxygen atoms in total. The van der Waals surface area contributed by atoms with E-state index >= 15 is 0 Å². The van der Waals surface area contributed by atoms with Crippen LogP contribution in [0.15, 0.2) is 22.7 Å². The molecule has 1 atom stereocenters. The third-order valence-corrected chi connectivity index (χ3v) is 4.97. The number of hydrogen-bond acceptors (Lipinski definition) is 5. The smallest absolute Gasteiger partial charge is 0.338 e. The molecule has 0 saturated heterocycles. The minimum absolute atomic E-state index is 0.185. The number of sulfonamides is 1. The summed E-state index contributed by atoms with van der Waals surface area (Å²) in [5.41, 5.74) is 0.566. The van der Waals surface area contributed by atoms with Crippen molar-refractivity contribution in [3.05, 3.63) is 28.2 Å². The van der Waals surface area contributed by atoms with Crippen LogP contribution < -0.4 is 4.72 Å². The summed E-state index contributed by atoms with van der Waals surface area (Å²) in [5.74, 6) is -0.490. The van der Waals surface area contributed by atoms with E-state index in [1.807, 2.05) is 0 Å². The van der Waals surface area contributed by atoms with Crippen LogP contribution in [0.2, 0.25) is 0 Å². The summed E-state index contributed by atoms with van der Waals surface area (Å²) in [6.07, 6.45) is 0.185. The fourth-order valence-corrected chi connectivity index (χ4v) is 3.36. The van der Waals surface area contributed by atoms with E-state index in [1.54, 1.807) is 19.9 Å². The van der Waals surface area contributed by atoms with Crippen molar-refractivity contribution < 1.29 is 17.9 Å². The molecule has 1 rings (SSSR count). The van der Waals surface area contributed by atoms with Crippen molar-refractivity contribution >= 4 is 37.6 Å². The van der Waals surface area contributed by atoms with Gasteiger partial charge in [0.25, 0.3) is 0 Å². The molecule has 0 amide bonds. The topological polar surface area (TPSA) is 96.3 Å². The lowest BCUT2D eigenvalue weighted by molar-refractivity contribution is 0.0526. The van der Waals surface area contributed by atoms with E-state index in [0.29, 0.717) is 10.0 Å². The Hall–Kier alpha value is -1.59. The van der Waals surface area contributed by atoms with Crippen LogP contribution in [0.4, 0.5) is 5.69 Å². The van der Waals surface area contributed by atoms with Crippen LogP contribution in [-0.2, 0) is 14.8 Å². The molecule has 0 aliphatic carbocycles. The molecule has 0 aliphatic heterocycles. The molecule has 0 saturated carbocycles. The lowest BCUT2D eigenvalue weighted by atomic mass is 10.2. The van der Waals surface area contributed by atoms with Crippen molar-refractivity contribution in [2.45, 2.75) is 25.5 Å². The Morgan fingerprint density at radius 1 is 1.48 bits per heavy atom. The van der Waals surface area contributed by atoms with E-state index in [2.05, 4.69) is 20.7 Å². The van der Waals surface area contributed by atoms with E-state index in [4.69, 9.17) is 10.00 Å². The zero-order valence-electron chi connectivity index (χ0n) is 11.6. The average molecular weight is 375 g/mol. The van der Waals surface area contributed by atoms with E-state index in [-0.39, 0.29) is 18.7 Å². The van der Waals surface area contributed by atoms with Gasteiger partial charge in [0.15, 0.2) is 5.25 Å². The highest BCUT2D eigenvalue weighted by Crippen LogP contribution is 2.26. The summed E-state index contributed by atoms with van der Waals surface area (Å²) < 4.78 is 31.6.